The van der Waals surface area contributed by atoms with Crippen molar-refractivity contribution < 1.29 is 9.59 Å². The number of aromatic nitrogens is 2. The van der Waals surface area contributed by atoms with Gasteiger partial charge < -0.3 is 15.6 Å². The zero-order chi connectivity index (χ0) is 17.8. The highest BCUT2D eigenvalue weighted by molar-refractivity contribution is 7.16. The van der Waals surface area contributed by atoms with Crippen molar-refractivity contribution in [3.8, 4) is 5.13 Å². The molecule has 0 atom stereocenters. The van der Waals surface area contributed by atoms with Gasteiger partial charge in [0, 0.05) is 23.6 Å². The van der Waals surface area contributed by atoms with Crippen LogP contribution in [0, 0.1) is 0 Å². The Hall–Kier alpha value is -2.93. The number of amides is 2. The first-order valence-corrected chi connectivity index (χ1v) is 8.74. The molecule has 0 fully saturated rings. The lowest BCUT2D eigenvalue weighted by Gasteiger charge is -2.05. The molecule has 1 aromatic carbocycles. The van der Waals surface area contributed by atoms with E-state index >= 15 is 0 Å². The third kappa shape index (κ3) is 3.77. The molecule has 0 unspecified atom stereocenters. The van der Waals surface area contributed by atoms with Gasteiger partial charge in [0.05, 0.1) is 5.69 Å². The van der Waals surface area contributed by atoms with E-state index < -0.39 is 5.91 Å². The third-order valence-electron chi connectivity index (χ3n) is 3.63. The molecule has 0 aliphatic carbocycles. The van der Waals surface area contributed by atoms with E-state index in [1.807, 2.05) is 29.1 Å². The van der Waals surface area contributed by atoms with Crippen molar-refractivity contribution >= 4 is 28.8 Å². The molecule has 0 saturated carbocycles. The van der Waals surface area contributed by atoms with Crippen LogP contribution in [-0.2, 0) is 6.42 Å². The van der Waals surface area contributed by atoms with Crippen molar-refractivity contribution in [1.82, 2.24) is 9.55 Å². The summed E-state index contributed by atoms with van der Waals surface area (Å²) in [5.74, 6) is -0.701. The predicted molar refractivity (Wildman–Crippen MR) is 98.3 cm³/mol. The number of carbonyl (C=O) groups excluding carboxylic acids is 2. The van der Waals surface area contributed by atoms with Gasteiger partial charge in [0.15, 0.2) is 5.13 Å². The monoisotopic (exact) mass is 354 g/mol. The summed E-state index contributed by atoms with van der Waals surface area (Å²) in [4.78, 5) is 29.0. The van der Waals surface area contributed by atoms with Crippen LogP contribution in [0.4, 0.5) is 5.69 Å². The molecule has 3 rings (SSSR count). The van der Waals surface area contributed by atoms with E-state index in [4.69, 9.17) is 5.73 Å². The Kier molecular flexibility index (Phi) is 4.95. The van der Waals surface area contributed by atoms with Gasteiger partial charge in [-0.3, -0.25) is 9.59 Å². The summed E-state index contributed by atoms with van der Waals surface area (Å²) >= 11 is 1.36. The summed E-state index contributed by atoms with van der Waals surface area (Å²) in [6.45, 7) is 2.05. The van der Waals surface area contributed by atoms with Gasteiger partial charge >= 0.3 is 0 Å². The van der Waals surface area contributed by atoms with Crippen molar-refractivity contribution in [3.63, 3.8) is 0 Å². The van der Waals surface area contributed by atoms with E-state index in [1.165, 1.54) is 11.3 Å². The van der Waals surface area contributed by atoms with E-state index in [0.29, 0.717) is 16.1 Å². The van der Waals surface area contributed by atoms with E-state index in [9.17, 15) is 9.59 Å². The second kappa shape index (κ2) is 7.31. The minimum Gasteiger partial charge on any atom is -0.366 e. The number of primary amides is 1. The first-order valence-electron chi connectivity index (χ1n) is 7.92. The highest BCUT2D eigenvalue weighted by atomic mass is 32.1. The van der Waals surface area contributed by atoms with E-state index in [-0.39, 0.29) is 5.91 Å². The summed E-state index contributed by atoms with van der Waals surface area (Å²) in [6.07, 6.45) is 5.45. The van der Waals surface area contributed by atoms with E-state index in [0.717, 1.165) is 23.7 Å². The fourth-order valence-electron chi connectivity index (χ4n) is 2.40. The summed E-state index contributed by atoms with van der Waals surface area (Å²) in [7, 11) is 0. The molecule has 128 valence electrons. The lowest BCUT2D eigenvalue weighted by molar-refractivity contribution is 0.0998. The standard InChI is InChI=1S/C18H18N4O2S/c1-2-5-14-15(25-18(21-14)22-10-3-4-11-22)17(24)20-13-8-6-12(7-9-13)16(19)23/h3-4,6-11H,2,5H2,1H3,(H2,19,23)(H,20,24). The van der Waals surface area contributed by atoms with Crippen molar-refractivity contribution in [2.45, 2.75) is 19.8 Å². The van der Waals surface area contributed by atoms with Crippen molar-refractivity contribution in [3.05, 3.63) is 64.9 Å². The van der Waals surface area contributed by atoms with Crippen molar-refractivity contribution in [1.29, 1.82) is 0 Å². The topological polar surface area (TPSA) is 90.0 Å². The maximum Gasteiger partial charge on any atom is 0.267 e. The molecule has 6 nitrogen and oxygen atoms in total. The molecular weight excluding hydrogens is 336 g/mol. The van der Waals surface area contributed by atoms with Crippen LogP contribution < -0.4 is 11.1 Å². The molecule has 0 spiro atoms. The molecular formula is C18H18N4O2S. The Morgan fingerprint density at radius 1 is 1.20 bits per heavy atom. The Morgan fingerprint density at radius 2 is 1.88 bits per heavy atom. The fourth-order valence-corrected chi connectivity index (χ4v) is 3.38. The number of carbonyl (C=O) groups is 2. The molecule has 0 aliphatic heterocycles. The van der Waals surface area contributed by atoms with Gasteiger partial charge in [0.25, 0.3) is 5.91 Å². The Balaban J connectivity index is 1.84. The first-order chi connectivity index (χ1) is 12.1. The number of nitrogens with two attached hydrogens (primary N) is 1. The Morgan fingerprint density at radius 3 is 2.48 bits per heavy atom. The van der Waals surface area contributed by atoms with E-state index in [1.54, 1.807) is 24.3 Å². The van der Waals surface area contributed by atoms with Crippen molar-refractivity contribution in [2.75, 3.05) is 5.32 Å². The molecule has 2 amide bonds. The lowest BCUT2D eigenvalue weighted by atomic mass is 10.2. The molecule has 3 N–H and O–H groups in total. The highest BCUT2D eigenvalue weighted by Gasteiger charge is 2.18. The number of nitrogens with one attached hydrogen (secondary N) is 1. The number of aryl methyl sites for hydroxylation is 1. The number of hydrogen-bond acceptors (Lipinski definition) is 4. The smallest absolute Gasteiger partial charge is 0.267 e. The number of anilines is 1. The Labute approximate surface area is 149 Å². The van der Waals surface area contributed by atoms with Gasteiger partial charge in [-0.15, -0.1) is 0 Å². The van der Waals surface area contributed by atoms with Crippen LogP contribution in [0.15, 0.2) is 48.8 Å². The fraction of sp³-hybridized carbons (Fsp3) is 0.167. The average Bonchev–Trinajstić information content (AvgIpc) is 3.25. The number of rotatable bonds is 6. The van der Waals surface area contributed by atoms with Crippen LogP contribution in [0.2, 0.25) is 0 Å². The first kappa shape index (κ1) is 16.9. The quantitative estimate of drug-likeness (QED) is 0.712. The number of hydrogen-bond donors (Lipinski definition) is 2. The van der Waals surface area contributed by atoms with Gasteiger partial charge in [0.2, 0.25) is 5.91 Å². The molecule has 7 heteroatoms. The van der Waals surface area contributed by atoms with Crippen LogP contribution in [0.25, 0.3) is 5.13 Å². The Bertz CT molecular complexity index is 882. The number of thiazole rings is 1. The summed E-state index contributed by atoms with van der Waals surface area (Å²) in [5.41, 5.74) is 7.02. The highest BCUT2D eigenvalue weighted by Crippen LogP contribution is 2.24. The van der Waals surface area contributed by atoms with Crippen LogP contribution >= 0.6 is 11.3 Å². The second-order valence-electron chi connectivity index (χ2n) is 5.51. The van der Waals surface area contributed by atoms with Crippen LogP contribution in [0.5, 0.6) is 0 Å². The van der Waals surface area contributed by atoms with Gasteiger partial charge in [-0.1, -0.05) is 24.7 Å². The molecule has 2 heterocycles. The minimum absolute atomic E-state index is 0.203. The molecule has 2 aromatic heterocycles. The predicted octanol–water partition coefficient (Wildman–Crippen LogP) is 3.24. The SMILES string of the molecule is CCCc1nc(-n2cccc2)sc1C(=O)Nc1ccc(C(N)=O)cc1. The van der Waals surface area contributed by atoms with E-state index in [2.05, 4.69) is 17.2 Å². The zero-order valence-electron chi connectivity index (χ0n) is 13.7. The summed E-state index contributed by atoms with van der Waals surface area (Å²) < 4.78 is 1.89. The maximum absolute atomic E-state index is 12.7. The molecule has 0 radical (unpaired) electrons. The lowest BCUT2D eigenvalue weighted by Crippen LogP contribution is -2.13. The third-order valence-corrected chi connectivity index (χ3v) is 4.74. The van der Waals surface area contributed by atoms with Crippen molar-refractivity contribution in [2.24, 2.45) is 5.73 Å². The molecule has 25 heavy (non-hydrogen) atoms. The molecule has 3 aromatic rings. The normalized spacial score (nSPS) is 10.6. The summed E-state index contributed by atoms with van der Waals surface area (Å²) in [6, 6.07) is 10.3. The second-order valence-corrected chi connectivity index (χ2v) is 6.49. The summed E-state index contributed by atoms with van der Waals surface area (Å²) in [5, 5.41) is 3.62. The van der Waals surface area contributed by atoms with Crippen LogP contribution in [0.3, 0.4) is 0 Å². The van der Waals surface area contributed by atoms with Crippen LogP contribution in [-0.4, -0.2) is 21.4 Å². The number of benzene rings is 1. The minimum atomic E-state index is -0.498. The van der Waals surface area contributed by atoms with Gasteiger partial charge in [-0.05, 0) is 42.8 Å². The molecule has 0 aliphatic rings. The molecule has 0 saturated heterocycles. The number of nitrogens with zero attached hydrogens (tertiary/aromatic N) is 2. The zero-order valence-corrected chi connectivity index (χ0v) is 14.5. The van der Waals surface area contributed by atoms with Crippen LogP contribution in [0.1, 0.15) is 39.1 Å². The van der Waals surface area contributed by atoms with Gasteiger partial charge in [-0.25, -0.2) is 4.98 Å². The molecule has 0 bridgehead atoms. The van der Waals surface area contributed by atoms with Gasteiger partial charge in [-0.2, -0.15) is 0 Å². The largest absolute Gasteiger partial charge is 0.366 e. The van der Waals surface area contributed by atoms with Gasteiger partial charge in [0.1, 0.15) is 4.88 Å². The average molecular weight is 354 g/mol. The maximum atomic E-state index is 12.7.